The predicted octanol–water partition coefficient (Wildman–Crippen LogP) is 1.09. The second-order valence-corrected chi connectivity index (χ2v) is 6.31. The Kier molecular flexibility index (Phi) is 5.85. The van der Waals surface area contributed by atoms with Crippen LogP contribution in [0.1, 0.15) is 33.1 Å². The number of urea groups is 1. The van der Waals surface area contributed by atoms with Gasteiger partial charge in [-0.3, -0.25) is 9.59 Å². The smallest absolute Gasteiger partial charge is 0.320 e. The van der Waals surface area contributed by atoms with Crippen molar-refractivity contribution in [1.82, 2.24) is 14.7 Å². The summed E-state index contributed by atoms with van der Waals surface area (Å²) in [6, 6.07) is 0.0360. The average molecular weight is 325 g/mol. The summed E-state index contributed by atoms with van der Waals surface area (Å²) < 4.78 is 0. The fraction of sp³-hybridized carbons (Fsp3) is 0.812. The molecule has 1 aliphatic heterocycles. The number of nitrogens with zero attached hydrogens (tertiary/aromatic N) is 3. The number of piperazine rings is 1. The number of aliphatic carboxylic acids is 1. The van der Waals surface area contributed by atoms with Crippen molar-refractivity contribution in [3.8, 4) is 0 Å². The fourth-order valence-corrected chi connectivity index (χ4v) is 3.50. The van der Waals surface area contributed by atoms with Crippen LogP contribution in [0, 0.1) is 11.8 Å². The van der Waals surface area contributed by atoms with E-state index < -0.39 is 5.97 Å². The highest BCUT2D eigenvalue weighted by Gasteiger charge is 2.37. The van der Waals surface area contributed by atoms with Gasteiger partial charge in [-0.25, -0.2) is 4.79 Å². The molecule has 0 bridgehead atoms. The summed E-state index contributed by atoms with van der Waals surface area (Å²) in [6.07, 6.45) is 1.70. The quantitative estimate of drug-likeness (QED) is 0.839. The van der Waals surface area contributed by atoms with E-state index in [1.165, 1.54) is 0 Å². The molecule has 7 heteroatoms. The lowest BCUT2D eigenvalue weighted by molar-refractivity contribution is -0.142. The van der Waals surface area contributed by atoms with Gasteiger partial charge in [-0.2, -0.15) is 0 Å². The number of rotatable bonds is 4. The first-order valence-corrected chi connectivity index (χ1v) is 8.53. The van der Waals surface area contributed by atoms with Gasteiger partial charge in [-0.1, -0.05) is 0 Å². The summed E-state index contributed by atoms with van der Waals surface area (Å²) in [7, 11) is 0. The summed E-state index contributed by atoms with van der Waals surface area (Å²) in [5.74, 6) is -1.28. The Hall–Kier alpha value is -1.79. The van der Waals surface area contributed by atoms with E-state index in [2.05, 4.69) is 0 Å². The third kappa shape index (κ3) is 3.95. The molecule has 2 fully saturated rings. The molecule has 0 spiro atoms. The Morgan fingerprint density at radius 2 is 1.48 bits per heavy atom. The molecule has 2 atom stereocenters. The van der Waals surface area contributed by atoms with E-state index in [4.69, 9.17) is 5.11 Å². The van der Waals surface area contributed by atoms with E-state index in [1.807, 2.05) is 13.8 Å². The van der Waals surface area contributed by atoms with Gasteiger partial charge in [0.25, 0.3) is 0 Å². The molecular formula is C16H27N3O4. The lowest BCUT2D eigenvalue weighted by Gasteiger charge is -2.38. The first-order chi connectivity index (χ1) is 11.0. The van der Waals surface area contributed by atoms with Gasteiger partial charge in [0.1, 0.15) is 0 Å². The van der Waals surface area contributed by atoms with E-state index in [9.17, 15) is 14.4 Å². The van der Waals surface area contributed by atoms with Crippen LogP contribution in [0.4, 0.5) is 4.79 Å². The summed E-state index contributed by atoms with van der Waals surface area (Å²) in [5, 5.41) is 9.04. The third-order valence-electron chi connectivity index (χ3n) is 5.03. The SMILES string of the molecule is CCN(CC)C(=O)N1CCN(C(=O)[C@@H]2CC[C@H](C(=O)O)C2)CC1. The molecule has 130 valence electrons. The van der Waals surface area contributed by atoms with E-state index >= 15 is 0 Å². The molecule has 2 rings (SSSR count). The van der Waals surface area contributed by atoms with Crippen LogP contribution in [-0.4, -0.2) is 77.0 Å². The van der Waals surface area contributed by atoms with Crippen LogP contribution in [0.2, 0.25) is 0 Å². The van der Waals surface area contributed by atoms with Crippen molar-refractivity contribution in [2.75, 3.05) is 39.3 Å². The van der Waals surface area contributed by atoms with Crippen molar-refractivity contribution in [1.29, 1.82) is 0 Å². The zero-order valence-electron chi connectivity index (χ0n) is 14.0. The number of amides is 3. The van der Waals surface area contributed by atoms with Crippen LogP contribution >= 0.6 is 0 Å². The van der Waals surface area contributed by atoms with Gasteiger partial charge >= 0.3 is 12.0 Å². The first kappa shape index (κ1) is 17.6. The lowest BCUT2D eigenvalue weighted by atomic mass is 10.0. The van der Waals surface area contributed by atoms with Crippen LogP contribution < -0.4 is 0 Å². The fourth-order valence-electron chi connectivity index (χ4n) is 3.50. The van der Waals surface area contributed by atoms with Gasteiger partial charge in [0, 0.05) is 45.2 Å². The second kappa shape index (κ2) is 7.66. The van der Waals surface area contributed by atoms with E-state index in [1.54, 1.807) is 14.7 Å². The summed E-state index contributed by atoms with van der Waals surface area (Å²) in [4.78, 5) is 41.2. The molecule has 0 aromatic heterocycles. The molecule has 0 aromatic rings. The lowest BCUT2D eigenvalue weighted by Crippen LogP contribution is -2.54. The van der Waals surface area contributed by atoms with E-state index in [-0.39, 0.29) is 23.8 Å². The maximum absolute atomic E-state index is 12.5. The van der Waals surface area contributed by atoms with Crippen molar-refractivity contribution in [3.63, 3.8) is 0 Å². The number of carboxylic acids is 1. The van der Waals surface area contributed by atoms with Crippen LogP contribution in [0.3, 0.4) is 0 Å². The maximum Gasteiger partial charge on any atom is 0.320 e. The van der Waals surface area contributed by atoms with Gasteiger partial charge in [0.2, 0.25) is 5.91 Å². The predicted molar refractivity (Wildman–Crippen MR) is 84.9 cm³/mol. The molecule has 23 heavy (non-hydrogen) atoms. The minimum atomic E-state index is -0.796. The van der Waals surface area contributed by atoms with Crippen LogP contribution in [-0.2, 0) is 9.59 Å². The minimum Gasteiger partial charge on any atom is -0.481 e. The molecule has 0 radical (unpaired) electrons. The number of hydrogen-bond acceptors (Lipinski definition) is 3. The minimum absolute atomic E-state index is 0.0360. The molecule has 1 N–H and O–H groups in total. The number of carbonyl (C=O) groups excluding carboxylic acids is 2. The zero-order chi connectivity index (χ0) is 17.0. The molecule has 2 aliphatic rings. The zero-order valence-corrected chi connectivity index (χ0v) is 14.0. The van der Waals surface area contributed by atoms with Gasteiger partial charge in [0.15, 0.2) is 0 Å². The van der Waals surface area contributed by atoms with Crippen molar-refractivity contribution in [3.05, 3.63) is 0 Å². The molecular weight excluding hydrogens is 298 g/mol. The largest absolute Gasteiger partial charge is 0.481 e. The Morgan fingerprint density at radius 3 is 1.96 bits per heavy atom. The molecule has 0 aromatic carbocycles. The van der Waals surface area contributed by atoms with Gasteiger partial charge < -0.3 is 19.8 Å². The highest BCUT2D eigenvalue weighted by Crippen LogP contribution is 2.32. The van der Waals surface area contributed by atoms with Crippen LogP contribution in [0.25, 0.3) is 0 Å². The highest BCUT2D eigenvalue weighted by atomic mass is 16.4. The molecule has 1 heterocycles. The van der Waals surface area contributed by atoms with Crippen molar-refractivity contribution < 1.29 is 19.5 Å². The Balaban J connectivity index is 1.83. The van der Waals surface area contributed by atoms with Gasteiger partial charge in [-0.15, -0.1) is 0 Å². The molecule has 7 nitrogen and oxygen atoms in total. The topological polar surface area (TPSA) is 81.2 Å². The van der Waals surface area contributed by atoms with Gasteiger partial charge in [-0.05, 0) is 33.1 Å². The molecule has 0 unspecified atom stereocenters. The van der Waals surface area contributed by atoms with Crippen LogP contribution in [0.15, 0.2) is 0 Å². The number of hydrogen-bond donors (Lipinski definition) is 1. The molecule has 1 saturated heterocycles. The molecule has 1 saturated carbocycles. The standard InChI is InChI=1S/C16H27N3O4/c1-3-17(4-2)16(23)19-9-7-18(8-10-19)14(20)12-5-6-13(11-12)15(21)22/h12-13H,3-11H2,1-2H3,(H,21,22)/t12-,13+/m1/s1. The molecule has 3 amide bonds. The number of carboxylic acid groups (broad SMARTS) is 1. The van der Waals surface area contributed by atoms with Crippen molar-refractivity contribution in [2.24, 2.45) is 11.8 Å². The third-order valence-corrected chi connectivity index (χ3v) is 5.03. The highest BCUT2D eigenvalue weighted by molar-refractivity contribution is 5.81. The molecule has 1 aliphatic carbocycles. The summed E-state index contributed by atoms with van der Waals surface area (Å²) >= 11 is 0. The Bertz CT molecular complexity index is 456. The Morgan fingerprint density at radius 1 is 0.957 bits per heavy atom. The number of carbonyl (C=O) groups is 3. The first-order valence-electron chi connectivity index (χ1n) is 8.53. The van der Waals surface area contributed by atoms with Crippen molar-refractivity contribution in [2.45, 2.75) is 33.1 Å². The van der Waals surface area contributed by atoms with Crippen molar-refractivity contribution >= 4 is 17.9 Å². The van der Waals surface area contributed by atoms with E-state index in [0.717, 1.165) is 0 Å². The normalized spacial score (nSPS) is 24.6. The monoisotopic (exact) mass is 325 g/mol. The van der Waals surface area contributed by atoms with E-state index in [0.29, 0.717) is 58.5 Å². The summed E-state index contributed by atoms with van der Waals surface area (Å²) in [6.45, 7) is 7.48. The average Bonchev–Trinajstić information content (AvgIpc) is 3.05. The Labute approximate surface area is 137 Å². The van der Waals surface area contributed by atoms with Gasteiger partial charge in [0.05, 0.1) is 5.92 Å². The maximum atomic E-state index is 12.5. The van der Waals surface area contributed by atoms with Crippen LogP contribution in [0.5, 0.6) is 0 Å². The second-order valence-electron chi connectivity index (χ2n) is 6.31. The summed E-state index contributed by atoms with van der Waals surface area (Å²) in [5.41, 5.74) is 0.